The summed E-state index contributed by atoms with van der Waals surface area (Å²) >= 11 is 0. The van der Waals surface area contributed by atoms with E-state index in [1.807, 2.05) is 0 Å². The van der Waals surface area contributed by atoms with Gasteiger partial charge in [0.05, 0.1) is 43.9 Å². The van der Waals surface area contributed by atoms with Crippen LogP contribution < -0.4 is 0 Å². The molecule has 0 bridgehead atoms. The van der Waals surface area contributed by atoms with Crippen molar-refractivity contribution in [2.45, 2.75) is 9.79 Å². The molecule has 0 aliphatic heterocycles. The summed E-state index contributed by atoms with van der Waals surface area (Å²) in [6, 6.07) is 24.2. The maximum Gasteiger partial charge on any atom is 0.294 e. The van der Waals surface area contributed by atoms with E-state index in [1.54, 1.807) is 48.5 Å². The summed E-state index contributed by atoms with van der Waals surface area (Å²) in [5, 5.41) is 24.5. The van der Waals surface area contributed by atoms with Crippen molar-refractivity contribution >= 4 is 54.4 Å². The average Bonchev–Trinajstić information content (AvgIpc) is 2.90. The Hall–Kier alpha value is -4.50. The first-order chi connectivity index (χ1) is 18.1. The Morgan fingerprint density at radius 3 is 0.658 bits per heavy atom. The van der Waals surface area contributed by atoms with E-state index >= 15 is 0 Å². The van der Waals surface area contributed by atoms with Crippen LogP contribution in [0.25, 0.3) is 0 Å². The predicted octanol–water partition coefficient (Wildman–Crippen LogP) is 7.43. The molecule has 0 fully saturated rings. The normalized spacial score (nSPS) is 12.6. The number of hydrogen-bond acceptors (Lipinski definition) is 10. The van der Waals surface area contributed by atoms with Gasteiger partial charge in [0.2, 0.25) is 0 Å². The zero-order chi connectivity index (χ0) is 27.2. The molecule has 0 radical (unpaired) electrons. The topological polar surface area (TPSA) is 183 Å². The van der Waals surface area contributed by atoms with Crippen molar-refractivity contribution in [3.8, 4) is 0 Å². The highest BCUT2D eigenvalue weighted by Gasteiger charge is 2.09. The zero-order valence-corrected chi connectivity index (χ0v) is 20.9. The molecule has 14 heteroatoms. The molecule has 0 spiro atoms. The second-order valence-corrected chi connectivity index (χ2v) is 10.4. The molecule has 38 heavy (non-hydrogen) atoms. The van der Waals surface area contributed by atoms with Crippen molar-refractivity contribution in [1.82, 2.24) is 0 Å². The third-order valence-corrected chi connectivity index (χ3v) is 6.55. The quantitative estimate of drug-likeness (QED) is 0.170. The molecule has 4 rings (SSSR count). The lowest BCUT2D eigenvalue weighted by molar-refractivity contribution is 0.481. The summed E-state index contributed by atoms with van der Waals surface area (Å²) in [5.41, 5.74) is 3.09. The zero-order valence-electron chi connectivity index (χ0n) is 19.3. The summed E-state index contributed by atoms with van der Waals surface area (Å²) in [7, 11) is -8.52. The Balaban J connectivity index is 1.34. The van der Waals surface area contributed by atoms with Gasteiger partial charge in [-0.25, -0.2) is 0 Å². The van der Waals surface area contributed by atoms with Crippen LogP contribution in [0.1, 0.15) is 0 Å². The third kappa shape index (κ3) is 7.50. The van der Waals surface area contributed by atoms with Gasteiger partial charge in [-0.2, -0.15) is 47.5 Å². The first kappa shape index (κ1) is 26.6. The van der Waals surface area contributed by atoms with Gasteiger partial charge in [0.1, 0.15) is 0 Å². The van der Waals surface area contributed by atoms with E-state index in [0.717, 1.165) is 0 Å². The van der Waals surface area contributed by atoms with Crippen LogP contribution >= 0.6 is 0 Å². The van der Waals surface area contributed by atoms with E-state index in [2.05, 4.69) is 30.7 Å². The fourth-order valence-corrected chi connectivity index (χ4v) is 3.85. The minimum atomic E-state index is -4.26. The molecule has 0 atom stereocenters. The lowest BCUT2D eigenvalue weighted by Crippen LogP contribution is -1.96. The van der Waals surface area contributed by atoms with E-state index < -0.39 is 20.2 Å². The van der Waals surface area contributed by atoms with Crippen LogP contribution in [0, 0.1) is 0 Å². The maximum absolute atomic E-state index is 11.1. The smallest absolute Gasteiger partial charge is 0.282 e. The second kappa shape index (κ2) is 11.3. The van der Waals surface area contributed by atoms with Crippen molar-refractivity contribution in [2.24, 2.45) is 30.7 Å². The van der Waals surface area contributed by atoms with Crippen LogP contribution in [0.5, 0.6) is 0 Å². The van der Waals surface area contributed by atoms with Crippen molar-refractivity contribution in [3.63, 3.8) is 0 Å². The Labute approximate surface area is 217 Å². The highest BCUT2D eigenvalue weighted by molar-refractivity contribution is 7.86. The fourth-order valence-electron chi connectivity index (χ4n) is 2.89. The lowest BCUT2D eigenvalue weighted by Gasteiger charge is -1.98. The Morgan fingerprint density at radius 2 is 0.500 bits per heavy atom. The summed E-state index contributed by atoms with van der Waals surface area (Å²) in [5.74, 6) is 0. The van der Waals surface area contributed by atoms with E-state index in [1.165, 1.54) is 48.5 Å². The van der Waals surface area contributed by atoms with E-state index in [-0.39, 0.29) is 9.79 Å². The molecular weight excluding hydrogens is 532 g/mol. The molecule has 0 amide bonds. The largest absolute Gasteiger partial charge is 0.294 e. The first-order valence-corrected chi connectivity index (χ1v) is 13.5. The molecule has 0 aliphatic carbocycles. The SMILES string of the molecule is O=S(=O)(O)c1ccc(N=Nc2ccc(N=Nc3ccc(N=Nc4ccc(S(=O)(=O)O)cc4)cc3)cc2)cc1. The minimum Gasteiger partial charge on any atom is -0.282 e. The molecular formula is C24H18N6O6S2. The second-order valence-electron chi connectivity index (χ2n) is 7.57. The molecule has 2 N–H and O–H groups in total. The van der Waals surface area contributed by atoms with Crippen molar-refractivity contribution in [1.29, 1.82) is 0 Å². The predicted molar refractivity (Wildman–Crippen MR) is 138 cm³/mol. The van der Waals surface area contributed by atoms with Crippen LogP contribution in [0.15, 0.2) is 138 Å². The van der Waals surface area contributed by atoms with Gasteiger partial charge in [-0.1, -0.05) is 0 Å². The van der Waals surface area contributed by atoms with Gasteiger partial charge in [-0.05, 0) is 97.1 Å². The monoisotopic (exact) mass is 550 g/mol. The van der Waals surface area contributed by atoms with Crippen LogP contribution in [0.4, 0.5) is 34.1 Å². The Bertz CT molecular complexity index is 1590. The van der Waals surface area contributed by atoms with Gasteiger partial charge < -0.3 is 0 Å². The number of hydrogen-bond donors (Lipinski definition) is 2. The van der Waals surface area contributed by atoms with Crippen molar-refractivity contribution in [3.05, 3.63) is 97.1 Å². The Morgan fingerprint density at radius 1 is 0.342 bits per heavy atom. The molecule has 0 saturated carbocycles. The number of azo groups is 3. The van der Waals surface area contributed by atoms with Crippen LogP contribution in [-0.4, -0.2) is 25.9 Å². The van der Waals surface area contributed by atoms with Crippen LogP contribution in [-0.2, 0) is 20.2 Å². The summed E-state index contributed by atoms with van der Waals surface area (Å²) in [4.78, 5) is -0.451. The van der Waals surface area contributed by atoms with Gasteiger partial charge in [0, 0.05) is 0 Å². The molecule has 12 nitrogen and oxygen atoms in total. The molecule has 0 aromatic heterocycles. The first-order valence-electron chi connectivity index (χ1n) is 10.7. The standard InChI is InChI=1S/C24H18N6O6S2/c31-37(32,33)23-13-9-21(10-14-23)29-27-19-5-1-17(2-6-19)25-26-18-3-7-20(8-4-18)28-30-22-11-15-24(16-12-22)38(34,35)36/h1-16H,(H,31,32,33)(H,34,35,36). The molecule has 0 aliphatic rings. The fraction of sp³-hybridized carbons (Fsp3) is 0. The third-order valence-electron chi connectivity index (χ3n) is 4.81. The molecule has 0 unspecified atom stereocenters. The van der Waals surface area contributed by atoms with E-state index in [4.69, 9.17) is 9.11 Å². The van der Waals surface area contributed by atoms with Crippen LogP contribution in [0.2, 0.25) is 0 Å². The van der Waals surface area contributed by atoms with Gasteiger partial charge in [0.25, 0.3) is 20.2 Å². The summed E-state index contributed by atoms with van der Waals surface area (Å²) in [6.45, 7) is 0. The lowest BCUT2D eigenvalue weighted by atomic mass is 10.3. The average molecular weight is 551 g/mol. The molecule has 0 heterocycles. The number of rotatable bonds is 8. The van der Waals surface area contributed by atoms with Gasteiger partial charge >= 0.3 is 0 Å². The molecule has 192 valence electrons. The van der Waals surface area contributed by atoms with E-state index in [9.17, 15) is 16.8 Å². The highest BCUT2D eigenvalue weighted by Crippen LogP contribution is 2.26. The highest BCUT2D eigenvalue weighted by atomic mass is 32.2. The molecule has 0 saturated heterocycles. The molecule has 4 aromatic carbocycles. The van der Waals surface area contributed by atoms with Crippen molar-refractivity contribution < 1.29 is 25.9 Å². The van der Waals surface area contributed by atoms with Crippen LogP contribution in [0.3, 0.4) is 0 Å². The minimum absolute atomic E-state index is 0.225. The van der Waals surface area contributed by atoms with Gasteiger partial charge in [-0.15, -0.1) is 0 Å². The Kier molecular flexibility index (Phi) is 7.87. The number of nitrogens with zero attached hydrogens (tertiary/aromatic N) is 6. The maximum atomic E-state index is 11.1. The van der Waals surface area contributed by atoms with Crippen molar-refractivity contribution in [2.75, 3.05) is 0 Å². The summed E-state index contributed by atoms with van der Waals surface area (Å²) in [6.07, 6.45) is 0. The number of benzene rings is 4. The molecule has 4 aromatic rings. The van der Waals surface area contributed by atoms with E-state index in [0.29, 0.717) is 34.1 Å². The van der Waals surface area contributed by atoms with Gasteiger partial charge in [-0.3, -0.25) is 9.11 Å². The van der Waals surface area contributed by atoms with Gasteiger partial charge in [0.15, 0.2) is 0 Å². The summed E-state index contributed by atoms with van der Waals surface area (Å²) < 4.78 is 62.3.